The van der Waals surface area contributed by atoms with Crippen molar-refractivity contribution in [1.82, 2.24) is 0 Å². The normalized spacial score (nSPS) is 12.7. The Morgan fingerprint density at radius 3 is 2.75 bits per heavy atom. The summed E-state index contributed by atoms with van der Waals surface area (Å²) in [6, 6.07) is 10.7. The summed E-state index contributed by atoms with van der Waals surface area (Å²) in [5.41, 5.74) is 7.02. The lowest BCUT2D eigenvalue weighted by Gasteiger charge is -2.09. The largest absolute Gasteiger partial charge is 0.323 e. The van der Waals surface area contributed by atoms with Crippen molar-refractivity contribution in [2.45, 2.75) is 19.4 Å². The first-order chi connectivity index (χ1) is 7.65. The molecule has 2 rings (SSSR count). The molecule has 1 aromatic carbocycles. The summed E-state index contributed by atoms with van der Waals surface area (Å²) >= 11 is 1.70. The van der Waals surface area contributed by atoms with Gasteiger partial charge in [0, 0.05) is 15.8 Å². The third kappa shape index (κ3) is 2.68. The average Bonchev–Trinajstić information content (AvgIpc) is 2.65. The second-order valence-corrected chi connectivity index (χ2v) is 5.21. The standard InChI is InChI=1S/C13H14FNS/c1-9-5-6-13(16-9)12(15)8-10-3-2-4-11(14)7-10/h2-7,12H,8,15H2,1H3. The number of hydrogen-bond acceptors (Lipinski definition) is 2. The SMILES string of the molecule is Cc1ccc(C(N)Cc2cccc(F)c2)s1. The van der Waals surface area contributed by atoms with Crippen LogP contribution in [0.1, 0.15) is 21.4 Å². The van der Waals surface area contributed by atoms with E-state index in [9.17, 15) is 4.39 Å². The molecule has 0 bridgehead atoms. The monoisotopic (exact) mass is 235 g/mol. The lowest BCUT2D eigenvalue weighted by molar-refractivity contribution is 0.622. The van der Waals surface area contributed by atoms with Crippen LogP contribution in [-0.2, 0) is 6.42 Å². The van der Waals surface area contributed by atoms with Crippen molar-refractivity contribution >= 4 is 11.3 Å². The lowest BCUT2D eigenvalue weighted by Crippen LogP contribution is -2.11. The van der Waals surface area contributed by atoms with Gasteiger partial charge in [-0.05, 0) is 43.2 Å². The van der Waals surface area contributed by atoms with E-state index in [4.69, 9.17) is 5.73 Å². The molecule has 84 valence electrons. The first-order valence-corrected chi connectivity index (χ1v) is 6.03. The Kier molecular flexibility index (Phi) is 3.36. The van der Waals surface area contributed by atoms with E-state index in [0.29, 0.717) is 6.42 Å². The van der Waals surface area contributed by atoms with Crippen molar-refractivity contribution < 1.29 is 4.39 Å². The van der Waals surface area contributed by atoms with Gasteiger partial charge < -0.3 is 5.73 Å². The molecule has 1 unspecified atom stereocenters. The Morgan fingerprint density at radius 1 is 1.31 bits per heavy atom. The van der Waals surface area contributed by atoms with Gasteiger partial charge in [0.2, 0.25) is 0 Å². The van der Waals surface area contributed by atoms with Crippen LogP contribution < -0.4 is 5.73 Å². The Bertz CT molecular complexity index is 478. The van der Waals surface area contributed by atoms with E-state index >= 15 is 0 Å². The quantitative estimate of drug-likeness (QED) is 0.866. The molecule has 2 aromatic rings. The summed E-state index contributed by atoms with van der Waals surface area (Å²) in [6.45, 7) is 2.06. The van der Waals surface area contributed by atoms with Crippen molar-refractivity contribution in [3.8, 4) is 0 Å². The Balaban J connectivity index is 2.10. The Morgan fingerprint density at radius 2 is 2.12 bits per heavy atom. The number of nitrogens with two attached hydrogens (primary N) is 1. The van der Waals surface area contributed by atoms with E-state index in [2.05, 4.69) is 13.0 Å². The molecule has 0 aliphatic carbocycles. The summed E-state index contributed by atoms with van der Waals surface area (Å²) < 4.78 is 13.0. The molecule has 0 saturated heterocycles. The fourth-order valence-electron chi connectivity index (χ4n) is 1.67. The second kappa shape index (κ2) is 4.76. The molecule has 1 heterocycles. The third-order valence-electron chi connectivity index (χ3n) is 2.47. The molecule has 0 saturated carbocycles. The molecule has 0 aliphatic rings. The van der Waals surface area contributed by atoms with Gasteiger partial charge in [0.1, 0.15) is 5.82 Å². The minimum atomic E-state index is -0.202. The van der Waals surface area contributed by atoms with Gasteiger partial charge >= 0.3 is 0 Å². The molecule has 16 heavy (non-hydrogen) atoms. The van der Waals surface area contributed by atoms with Crippen LogP contribution in [0.4, 0.5) is 4.39 Å². The first kappa shape index (κ1) is 11.3. The lowest BCUT2D eigenvalue weighted by atomic mass is 10.1. The van der Waals surface area contributed by atoms with Crippen molar-refractivity contribution in [3.63, 3.8) is 0 Å². The molecule has 0 radical (unpaired) electrons. The highest BCUT2D eigenvalue weighted by Gasteiger charge is 2.09. The van der Waals surface area contributed by atoms with E-state index in [1.54, 1.807) is 23.5 Å². The van der Waals surface area contributed by atoms with E-state index in [1.165, 1.54) is 10.9 Å². The van der Waals surface area contributed by atoms with Crippen LogP contribution in [0.15, 0.2) is 36.4 Å². The first-order valence-electron chi connectivity index (χ1n) is 5.21. The second-order valence-electron chi connectivity index (χ2n) is 3.89. The highest BCUT2D eigenvalue weighted by Crippen LogP contribution is 2.23. The van der Waals surface area contributed by atoms with Gasteiger partial charge in [-0.3, -0.25) is 0 Å². The molecular weight excluding hydrogens is 221 g/mol. The highest BCUT2D eigenvalue weighted by atomic mass is 32.1. The van der Waals surface area contributed by atoms with Crippen LogP contribution in [0.2, 0.25) is 0 Å². The number of benzene rings is 1. The predicted molar refractivity (Wildman–Crippen MR) is 66.1 cm³/mol. The maximum absolute atomic E-state index is 13.0. The maximum Gasteiger partial charge on any atom is 0.123 e. The molecule has 0 spiro atoms. The zero-order chi connectivity index (χ0) is 11.5. The smallest absolute Gasteiger partial charge is 0.123 e. The molecular formula is C13H14FNS. The highest BCUT2D eigenvalue weighted by molar-refractivity contribution is 7.12. The molecule has 0 aliphatic heterocycles. The van der Waals surface area contributed by atoms with Gasteiger partial charge in [0.15, 0.2) is 0 Å². The van der Waals surface area contributed by atoms with Crippen molar-refractivity contribution in [2.75, 3.05) is 0 Å². The van der Waals surface area contributed by atoms with E-state index in [-0.39, 0.29) is 11.9 Å². The fraction of sp³-hybridized carbons (Fsp3) is 0.231. The van der Waals surface area contributed by atoms with Gasteiger partial charge in [0.25, 0.3) is 0 Å². The minimum absolute atomic E-state index is 0.0412. The Labute approximate surface area is 98.7 Å². The van der Waals surface area contributed by atoms with Gasteiger partial charge in [-0.2, -0.15) is 0 Å². The number of hydrogen-bond donors (Lipinski definition) is 1. The topological polar surface area (TPSA) is 26.0 Å². The molecule has 1 atom stereocenters. The molecule has 3 heteroatoms. The number of aryl methyl sites for hydroxylation is 1. The summed E-state index contributed by atoms with van der Waals surface area (Å²) in [5, 5.41) is 0. The van der Waals surface area contributed by atoms with E-state index in [1.807, 2.05) is 12.1 Å². The van der Waals surface area contributed by atoms with Crippen molar-refractivity contribution in [2.24, 2.45) is 5.73 Å². The van der Waals surface area contributed by atoms with Crippen LogP contribution in [0.25, 0.3) is 0 Å². The summed E-state index contributed by atoms with van der Waals surface area (Å²) in [6.07, 6.45) is 0.678. The van der Waals surface area contributed by atoms with Gasteiger partial charge in [-0.15, -0.1) is 11.3 Å². The molecule has 1 nitrogen and oxygen atoms in total. The molecule has 1 aromatic heterocycles. The molecule has 0 amide bonds. The zero-order valence-corrected chi connectivity index (χ0v) is 9.93. The van der Waals surface area contributed by atoms with Crippen LogP contribution >= 0.6 is 11.3 Å². The average molecular weight is 235 g/mol. The van der Waals surface area contributed by atoms with Gasteiger partial charge in [0.05, 0.1) is 0 Å². The predicted octanol–water partition coefficient (Wildman–Crippen LogP) is 3.44. The van der Waals surface area contributed by atoms with Crippen molar-refractivity contribution in [1.29, 1.82) is 0 Å². The fourth-order valence-corrected chi connectivity index (χ4v) is 2.55. The number of halogens is 1. The van der Waals surface area contributed by atoms with Crippen LogP contribution in [0.5, 0.6) is 0 Å². The molecule has 0 fully saturated rings. The Hall–Kier alpha value is -1.19. The number of thiophene rings is 1. The van der Waals surface area contributed by atoms with Crippen molar-refractivity contribution in [3.05, 3.63) is 57.5 Å². The van der Waals surface area contributed by atoms with Gasteiger partial charge in [-0.1, -0.05) is 12.1 Å². The zero-order valence-electron chi connectivity index (χ0n) is 9.11. The summed E-state index contributed by atoms with van der Waals surface area (Å²) in [4.78, 5) is 2.41. The minimum Gasteiger partial charge on any atom is -0.323 e. The van der Waals surface area contributed by atoms with Crippen LogP contribution in [0, 0.1) is 12.7 Å². The third-order valence-corrected chi connectivity index (χ3v) is 3.60. The summed E-state index contributed by atoms with van der Waals surface area (Å²) in [5.74, 6) is -0.202. The maximum atomic E-state index is 13.0. The van der Waals surface area contributed by atoms with Gasteiger partial charge in [-0.25, -0.2) is 4.39 Å². The summed E-state index contributed by atoms with van der Waals surface area (Å²) in [7, 11) is 0. The van der Waals surface area contributed by atoms with Crippen LogP contribution in [-0.4, -0.2) is 0 Å². The van der Waals surface area contributed by atoms with Crippen LogP contribution in [0.3, 0.4) is 0 Å². The number of rotatable bonds is 3. The van der Waals surface area contributed by atoms with E-state index in [0.717, 1.165) is 10.4 Å². The molecule has 2 N–H and O–H groups in total. The van der Waals surface area contributed by atoms with E-state index < -0.39 is 0 Å².